The Morgan fingerprint density at radius 3 is 1.03 bits per heavy atom. The maximum Gasteiger partial charge on any atom is 0.249 e. The molecule has 0 saturated carbocycles. The van der Waals surface area contributed by atoms with Crippen LogP contribution in [0.25, 0.3) is 0 Å². The zero-order chi connectivity index (χ0) is 42.5. The van der Waals surface area contributed by atoms with E-state index >= 15 is 0 Å². The van der Waals surface area contributed by atoms with Crippen molar-refractivity contribution >= 4 is 127 Å². The second kappa shape index (κ2) is 14.8. The highest BCUT2D eigenvalue weighted by molar-refractivity contribution is 8.00. The number of fused-ring (bicyclic) bond motifs is 8. The number of hydrogen-bond donors (Lipinski definition) is 0. The highest BCUT2D eigenvalue weighted by Crippen LogP contribution is 2.47. The summed E-state index contributed by atoms with van der Waals surface area (Å²) in [5, 5.41) is 0. The molecule has 0 saturated heterocycles. The van der Waals surface area contributed by atoms with Gasteiger partial charge in [-0.2, -0.15) is 0 Å². The van der Waals surface area contributed by atoms with Crippen molar-refractivity contribution in [3.8, 4) is 0 Å². The first-order valence-electron chi connectivity index (χ1n) is 21.9. The summed E-state index contributed by atoms with van der Waals surface area (Å²) in [5.74, 6) is 0. The molecule has 0 spiro atoms. The van der Waals surface area contributed by atoms with Crippen LogP contribution < -0.4 is 52.4 Å². The average Bonchev–Trinajstić information content (AvgIpc) is 3.35. The van der Waals surface area contributed by atoms with E-state index in [0.717, 1.165) is 34.1 Å². The minimum Gasteiger partial charge on any atom is -0.345 e. The largest absolute Gasteiger partial charge is 0.345 e. The monoisotopic (exact) mass is 854 g/mol. The molecule has 0 amide bonds. The normalized spacial score (nSPS) is 13.5. The van der Waals surface area contributed by atoms with Crippen LogP contribution in [0, 0.1) is 0 Å². The van der Waals surface area contributed by atoms with Gasteiger partial charge in [0.2, 0.25) is 13.4 Å². The fourth-order valence-electron chi connectivity index (χ4n) is 10.7. The summed E-state index contributed by atoms with van der Waals surface area (Å²) >= 11 is 3.81. The fourth-order valence-corrected chi connectivity index (χ4v) is 13.1. The van der Waals surface area contributed by atoms with Gasteiger partial charge in [0.15, 0.2) is 0 Å². The van der Waals surface area contributed by atoms with Crippen molar-refractivity contribution in [3.05, 3.63) is 206 Å². The molecule has 13 rings (SSSR count). The van der Waals surface area contributed by atoms with Gasteiger partial charge in [0.05, 0.1) is 0 Å². The zero-order valence-electron chi connectivity index (χ0n) is 35.4. The molecule has 0 aromatic heterocycles. The Labute approximate surface area is 384 Å². The van der Waals surface area contributed by atoms with Crippen LogP contribution in [0.1, 0.15) is 0 Å². The Kier molecular flexibility index (Phi) is 8.69. The van der Waals surface area contributed by atoms with Gasteiger partial charge in [-0.3, -0.25) is 0 Å². The molecule has 302 valence electrons. The molecule has 4 nitrogen and oxygen atoms in total. The summed E-state index contributed by atoms with van der Waals surface area (Å²) in [6, 6.07) is 76.1. The molecule has 4 aliphatic rings. The van der Waals surface area contributed by atoms with E-state index in [1.807, 2.05) is 23.5 Å². The molecule has 0 N–H and O–H groups in total. The fraction of sp³-hybridized carbons (Fsp3) is 0.0357. The molecule has 0 unspecified atom stereocenters. The maximum absolute atomic E-state index is 2.59. The zero-order valence-corrected chi connectivity index (χ0v) is 37.0. The van der Waals surface area contributed by atoms with Gasteiger partial charge in [0, 0.05) is 90.6 Å². The number of rotatable bonds is 6. The van der Waals surface area contributed by atoms with Crippen LogP contribution >= 0.6 is 23.5 Å². The number of para-hydroxylation sites is 4. The second-order valence-corrected chi connectivity index (χ2v) is 19.2. The molecule has 9 aromatic carbocycles. The van der Waals surface area contributed by atoms with Crippen LogP contribution in [0.4, 0.5) is 56.9 Å². The van der Waals surface area contributed by atoms with Crippen molar-refractivity contribution in [2.24, 2.45) is 0 Å². The number of nitrogens with zero attached hydrogens (tertiary/aromatic N) is 4. The standard InChI is InChI=1S/C56H40B2N4S2/c1-59-47-36-48-46(58-44-28-16-18-30-52(44)64-54-34-42(32-50(56(54)58)60(48)2)62(39-23-11-5-12-24-39)40-25-13-6-14-26-40)35-45(47)57-43-27-15-17-29-51(43)63-53-33-41(31-49(59)55(53)57)61(37-19-7-3-8-20-37)38-21-9-4-10-22-38/h3-36H,1-2H3. The summed E-state index contributed by atoms with van der Waals surface area (Å²) in [5.41, 5.74) is 20.1. The van der Waals surface area contributed by atoms with Crippen LogP contribution in [0.2, 0.25) is 0 Å². The Morgan fingerprint density at radius 2 is 0.656 bits per heavy atom. The molecule has 0 aliphatic carbocycles. The van der Waals surface area contributed by atoms with Crippen molar-refractivity contribution in [2.75, 3.05) is 33.7 Å². The van der Waals surface area contributed by atoms with Crippen LogP contribution in [0.5, 0.6) is 0 Å². The highest BCUT2D eigenvalue weighted by atomic mass is 32.2. The number of anilines is 10. The van der Waals surface area contributed by atoms with Crippen molar-refractivity contribution in [3.63, 3.8) is 0 Å². The van der Waals surface area contributed by atoms with E-state index in [1.165, 1.54) is 75.1 Å². The van der Waals surface area contributed by atoms with E-state index in [-0.39, 0.29) is 13.4 Å². The van der Waals surface area contributed by atoms with Gasteiger partial charge in [-0.1, -0.05) is 150 Å². The summed E-state index contributed by atoms with van der Waals surface area (Å²) in [7, 11) is 4.55. The maximum atomic E-state index is 2.59. The van der Waals surface area contributed by atoms with Gasteiger partial charge in [0.25, 0.3) is 0 Å². The van der Waals surface area contributed by atoms with Crippen molar-refractivity contribution in [1.82, 2.24) is 0 Å². The van der Waals surface area contributed by atoms with E-state index < -0.39 is 0 Å². The van der Waals surface area contributed by atoms with Crippen molar-refractivity contribution < 1.29 is 0 Å². The highest BCUT2D eigenvalue weighted by Gasteiger charge is 2.45. The quantitative estimate of drug-likeness (QED) is 0.154. The summed E-state index contributed by atoms with van der Waals surface area (Å²) in [4.78, 5) is 15.0. The van der Waals surface area contributed by atoms with Crippen LogP contribution in [-0.4, -0.2) is 27.5 Å². The summed E-state index contributed by atoms with van der Waals surface area (Å²) in [6.07, 6.45) is 0. The van der Waals surface area contributed by atoms with E-state index in [4.69, 9.17) is 0 Å². The first-order chi connectivity index (χ1) is 31.6. The minimum absolute atomic E-state index is 0.0852. The van der Waals surface area contributed by atoms with E-state index in [2.05, 4.69) is 240 Å². The lowest BCUT2D eigenvalue weighted by Gasteiger charge is -2.43. The third-order valence-corrected chi connectivity index (χ3v) is 15.8. The molecule has 8 heteroatoms. The van der Waals surface area contributed by atoms with Crippen LogP contribution in [-0.2, 0) is 0 Å². The lowest BCUT2D eigenvalue weighted by molar-refractivity contribution is 1.16. The predicted octanol–water partition coefficient (Wildman–Crippen LogP) is 10.8. The molecular formula is C56H40B2N4S2. The molecule has 0 atom stereocenters. The predicted molar refractivity (Wildman–Crippen MR) is 275 cm³/mol. The van der Waals surface area contributed by atoms with Crippen molar-refractivity contribution in [1.29, 1.82) is 0 Å². The SMILES string of the molecule is CN1c2cc3c(cc2B2c4ccccc4Sc4cc(N(c5ccccc5)c5ccccc5)cc1c42)B1c2ccccc2Sc2cc(N(c4ccccc4)c4ccccc4)cc(c21)N3C. The lowest BCUT2D eigenvalue weighted by atomic mass is 9.31. The molecule has 4 aliphatic heterocycles. The van der Waals surface area contributed by atoms with Gasteiger partial charge >= 0.3 is 0 Å². The smallest absolute Gasteiger partial charge is 0.249 e. The molecule has 0 bridgehead atoms. The molecule has 64 heavy (non-hydrogen) atoms. The van der Waals surface area contributed by atoms with Gasteiger partial charge in [-0.15, -0.1) is 0 Å². The Morgan fingerprint density at radius 1 is 0.312 bits per heavy atom. The minimum atomic E-state index is 0.0852. The molecule has 4 heterocycles. The molecular weight excluding hydrogens is 814 g/mol. The molecule has 9 aromatic rings. The summed E-state index contributed by atoms with van der Waals surface area (Å²) < 4.78 is 0. The van der Waals surface area contributed by atoms with Gasteiger partial charge in [-0.25, -0.2) is 0 Å². The van der Waals surface area contributed by atoms with Gasteiger partial charge < -0.3 is 19.6 Å². The third-order valence-electron chi connectivity index (χ3n) is 13.5. The number of hydrogen-bond acceptors (Lipinski definition) is 6. The van der Waals surface area contributed by atoms with E-state index in [0.29, 0.717) is 0 Å². The third kappa shape index (κ3) is 5.75. The van der Waals surface area contributed by atoms with Crippen LogP contribution in [0.15, 0.2) is 226 Å². The van der Waals surface area contributed by atoms with Crippen molar-refractivity contribution in [2.45, 2.75) is 19.6 Å². The Balaban J connectivity index is 1.03. The Hall–Kier alpha value is -6.99. The summed E-state index contributed by atoms with van der Waals surface area (Å²) in [6.45, 7) is 0.170. The van der Waals surface area contributed by atoms with E-state index in [9.17, 15) is 0 Å². The first-order valence-corrected chi connectivity index (χ1v) is 23.6. The van der Waals surface area contributed by atoms with Gasteiger partial charge in [-0.05, 0) is 113 Å². The lowest BCUT2D eigenvalue weighted by Crippen LogP contribution is -2.64. The van der Waals surface area contributed by atoms with Gasteiger partial charge in [0.1, 0.15) is 0 Å². The Bertz CT molecular complexity index is 3000. The van der Waals surface area contributed by atoms with Crippen LogP contribution in [0.3, 0.4) is 0 Å². The van der Waals surface area contributed by atoms with E-state index in [1.54, 1.807) is 0 Å². The topological polar surface area (TPSA) is 13.0 Å². The molecule has 0 radical (unpaired) electrons. The average molecular weight is 855 g/mol. The second-order valence-electron chi connectivity index (χ2n) is 17.0. The first kappa shape index (κ1) is 37.6. The number of benzene rings is 9. The molecule has 0 fully saturated rings.